The maximum Gasteiger partial charge on any atom is 0.321 e. The summed E-state index contributed by atoms with van der Waals surface area (Å²) in [7, 11) is 1.46. The van der Waals surface area contributed by atoms with Crippen LogP contribution < -0.4 is 15.2 Å². The van der Waals surface area contributed by atoms with Crippen molar-refractivity contribution in [3.63, 3.8) is 0 Å². The van der Waals surface area contributed by atoms with Gasteiger partial charge in [0.2, 0.25) is 5.91 Å². The molecule has 0 bridgehead atoms. The number of halogens is 2. The zero-order valence-corrected chi connectivity index (χ0v) is 14.4. The summed E-state index contributed by atoms with van der Waals surface area (Å²) < 4.78 is 22.5. The number of hydrazine groups is 1. The summed E-state index contributed by atoms with van der Waals surface area (Å²) in [5, 5.41) is 1.22. The first kappa shape index (κ1) is 19.0. The van der Waals surface area contributed by atoms with E-state index in [9.17, 15) is 14.0 Å². The topological polar surface area (TPSA) is 67.9 Å². The van der Waals surface area contributed by atoms with Crippen LogP contribution in [0.25, 0.3) is 0 Å². The third-order valence-electron chi connectivity index (χ3n) is 3.67. The number of nitrogens with zero attached hydrogens (tertiary/aromatic N) is 1. The summed E-state index contributed by atoms with van der Waals surface area (Å²) in [5.41, 5.74) is 2.84. The molecule has 1 saturated heterocycles. The van der Waals surface area contributed by atoms with Gasteiger partial charge in [0.1, 0.15) is 5.75 Å². The van der Waals surface area contributed by atoms with Crippen LogP contribution in [0.4, 0.5) is 10.1 Å². The highest BCUT2D eigenvalue weighted by Gasteiger charge is 2.25. The van der Waals surface area contributed by atoms with Gasteiger partial charge in [-0.3, -0.25) is 15.0 Å². The number of benzene rings is 1. The number of carbonyl (C=O) groups excluding carboxylic acids is 2. The lowest BCUT2D eigenvalue weighted by molar-refractivity contribution is -0.129. The Hall–Kier alpha value is -2.30. The van der Waals surface area contributed by atoms with Crippen LogP contribution in [0.2, 0.25) is 5.02 Å². The first-order chi connectivity index (χ1) is 12.1. The molecular formula is C17H18ClFN2O4. The highest BCUT2D eigenvalue weighted by atomic mass is 35.5. The second-order valence-electron chi connectivity index (χ2n) is 5.26. The highest BCUT2D eigenvalue weighted by Crippen LogP contribution is 2.29. The van der Waals surface area contributed by atoms with E-state index in [1.54, 1.807) is 12.1 Å². The van der Waals surface area contributed by atoms with Gasteiger partial charge in [-0.15, -0.1) is 0 Å². The first-order valence-electron chi connectivity index (χ1n) is 7.67. The number of rotatable bonds is 3. The van der Waals surface area contributed by atoms with E-state index in [-0.39, 0.29) is 16.8 Å². The molecule has 0 atom stereocenters. The standard InChI is InChI=1S/C17H18ClFN2O4/c1-24-15-5-4-13(11-14(15)18)21(16(22)3-2-8-19)20-17(23)12-6-9-25-10-7-12/h4-5,11-12H,6-10H2,1H3,(H,20,23). The maximum absolute atomic E-state index is 12.4. The van der Waals surface area contributed by atoms with Crippen molar-refractivity contribution >= 4 is 29.1 Å². The van der Waals surface area contributed by atoms with Gasteiger partial charge in [0, 0.05) is 19.1 Å². The Morgan fingerprint density at radius 3 is 2.76 bits per heavy atom. The third-order valence-corrected chi connectivity index (χ3v) is 3.97. The SMILES string of the molecule is COc1ccc(N(NC(=O)C2CCOCC2)C(=O)C#CCF)cc1Cl. The average molecular weight is 369 g/mol. The lowest BCUT2D eigenvalue weighted by atomic mass is 10.00. The van der Waals surface area contributed by atoms with Crippen LogP contribution in [-0.4, -0.2) is 38.8 Å². The number of ether oxygens (including phenoxy) is 2. The Bertz CT molecular complexity index is 696. The first-order valence-corrected chi connectivity index (χ1v) is 8.05. The lowest BCUT2D eigenvalue weighted by Crippen LogP contribution is -2.49. The van der Waals surface area contributed by atoms with Crippen molar-refractivity contribution in [1.29, 1.82) is 0 Å². The normalized spacial score (nSPS) is 14.2. The van der Waals surface area contributed by atoms with Crippen molar-refractivity contribution in [3.8, 4) is 17.6 Å². The summed E-state index contributed by atoms with van der Waals surface area (Å²) in [4.78, 5) is 24.7. The molecule has 0 saturated carbocycles. The molecule has 1 N–H and O–H groups in total. The summed E-state index contributed by atoms with van der Waals surface area (Å²) >= 11 is 6.08. The van der Waals surface area contributed by atoms with Gasteiger partial charge in [0.15, 0.2) is 6.67 Å². The molecular weight excluding hydrogens is 351 g/mol. The second-order valence-corrected chi connectivity index (χ2v) is 5.66. The van der Waals surface area contributed by atoms with E-state index in [0.29, 0.717) is 37.5 Å². The zero-order valence-electron chi connectivity index (χ0n) is 13.7. The molecule has 1 heterocycles. The fourth-order valence-electron chi connectivity index (χ4n) is 2.35. The molecule has 2 amide bonds. The van der Waals surface area contributed by atoms with Crippen molar-refractivity contribution in [2.45, 2.75) is 12.8 Å². The number of hydrogen-bond donors (Lipinski definition) is 1. The van der Waals surface area contributed by atoms with E-state index < -0.39 is 12.6 Å². The number of hydrogen-bond acceptors (Lipinski definition) is 4. The lowest BCUT2D eigenvalue weighted by Gasteiger charge is -2.26. The van der Waals surface area contributed by atoms with Gasteiger partial charge in [0.25, 0.3) is 0 Å². The zero-order chi connectivity index (χ0) is 18.2. The quantitative estimate of drug-likeness (QED) is 0.655. The predicted molar refractivity (Wildman–Crippen MR) is 90.9 cm³/mol. The van der Waals surface area contributed by atoms with E-state index >= 15 is 0 Å². The molecule has 25 heavy (non-hydrogen) atoms. The van der Waals surface area contributed by atoms with Crippen LogP contribution in [0.15, 0.2) is 18.2 Å². The average Bonchev–Trinajstić information content (AvgIpc) is 2.64. The number of alkyl halides is 1. The molecule has 1 aromatic rings. The molecule has 1 aliphatic rings. The van der Waals surface area contributed by atoms with Crippen molar-refractivity contribution < 1.29 is 23.5 Å². The van der Waals surface area contributed by atoms with Crippen molar-refractivity contribution in [3.05, 3.63) is 23.2 Å². The van der Waals surface area contributed by atoms with Gasteiger partial charge < -0.3 is 9.47 Å². The molecule has 1 aliphatic heterocycles. The Kier molecular flexibility index (Phi) is 7.04. The summed E-state index contributed by atoms with van der Waals surface area (Å²) in [6.07, 6.45) is 1.13. The maximum atomic E-state index is 12.4. The molecule has 1 aromatic carbocycles. The van der Waals surface area contributed by atoms with Crippen molar-refractivity contribution in [2.24, 2.45) is 5.92 Å². The molecule has 0 aliphatic carbocycles. The van der Waals surface area contributed by atoms with Crippen LogP contribution >= 0.6 is 11.6 Å². The van der Waals surface area contributed by atoms with Gasteiger partial charge in [-0.05, 0) is 37.0 Å². The second kappa shape index (κ2) is 9.25. The summed E-state index contributed by atoms with van der Waals surface area (Å²) in [6, 6.07) is 4.56. The molecule has 0 aromatic heterocycles. The molecule has 134 valence electrons. The number of anilines is 1. The van der Waals surface area contributed by atoms with Gasteiger partial charge in [-0.25, -0.2) is 9.40 Å². The van der Waals surface area contributed by atoms with E-state index in [1.807, 2.05) is 0 Å². The van der Waals surface area contributed by atoms with Crippen LogP contribution in [0.5, 0.6) is 5.75 Å². The minimum Gasteiger partial charge on any atom is -0.495 e. The number of carbonyl (C=O) groups is 2. The summed E-state index contributed by atoms with van der Waals surface area (Å²) in [6.45, 7) is 0.0148. The van der Waals surface area contributed by atoms with Gasteiger partial charge >= 0.3 is 5.91 Å². The third kappa shape index (κ3) is 5.08. The highest BCUT2D eigenvalue weighted by molar-refractivity contribution is 6.32. The van der Waals surface area contributed by atoms with E-state index in [2.05, 4.69) is 17.3 Å². The predicted octanol–water partition coefficient (Wildman–Crippen LogP) is 2.11. The molecule has 2 rings (SSSR count). The number of amides is 2. The van der Waals surface area contributed by atoms with Crippen molar-refractivity contribution in [1.82, 2.24) is 5.43 Å². The molecule has 8 heteroatoms. The van der Waals surface area contributed by atoms with E-state index in [1.165, 1.54) is 13.2 Å². The van der Waals surface area contributed by atoms with E-state index in [4.69, 9.17) is 21.1 Å². The smallest absolute Gasteiger partial charge is 0.321 e. The van der Waals surface area contributed by atoms with Crippen LogP contribution in [0.3, 0.4) is 0 Å². The van der Waals surface area contributed by atoms with Gasteiger partial charge in [-0.2, -0.15) is 0 Å². The van der Waals surface area contributed by atoms with Gasteiger partial charge in [0.05, 0.1) is 17.8 Å². The number of methoxy groups -OCH3 is 1. The minimum absolute atomic E-state index is 0.261. The minimum atomic E-state index is -0.961. The Labute approximate surface area is 150 Å². The Balaban J connectivity index is 2.24. The number of nitrogens with one attached hydrogen (secondary N) is 1. The summed E-state index contributed by atoms with van der Waals surface area (Å²) in [5.74, 6) is 3.24. The molecule has 0 unspecified atom stereocenters. The Morgan fingerprint density at radius 1 is 1.44 bits per heavy atom. The van der Waals surface area contributed by atoms with Crippen molar-refractivity contribution in [2.75, 3.05) is 32.0 Å². The fraction of sp³-hybridized carbons (Fsp3) is 0.412. The monoisotopic (exact) mass is 368 g/mol. The Morgan fingerprint density at radius 2 is 2.16 bits per heavy atom. The molecule has 0 radical (unpaired) electrons. The molecule has 0 spiro atoms. The van der Waals surface area contributed by atoms with Crippen LogP contribution in [0, 0.1) is 17.8 Å². The largest absolute Gasteiger partial charge is 0.495 e. The van der Waals surface area contributed by atoms with Gasteiger partial charge in [-0.1, -0.05) is 17.5 Å². The van der Waals surface area contributed by atoms with Crippen LogP contribution in [-0.2, 0) is 14.3 Å². The van der Waals surface area contributed by atoms with Crippen LogP contribution in [0.1, 0.15) is 12.8 Å². The molecule has 6 nitrogen and oxygen atoms in total. The molecule has 1 fully saturated rings. The fourth-order valence-corrected chi connectivity index (χ4v) is 2.61. The van der Waals surface area contributed by atoms with E-state index in [0.717, 1.165) is 5.01 Å².